The summed E-state index contributed by atoms with van der Waals surface area (Å²) in [5.74, 6) is 1.06. The van der Waals surface area contributed by atoms with Gasteiger partial charge in [-0.15, -0.1) is 14.8 Å². The van der Waals surface area contributed by atoms with E-state index in [2.05, 4.69) is 25.6 Å². The molecule has 0 aliphatic rings. The van der Waals surface area contributed by atoms with Crippen LogP contribution >= 0.6 is 12.2 Å². The zero-order valence-corrected chi connectivity index (χ0v) is 9.24. The molecule has 0 unspecified atom stereocenters. The maximum absolute atomic E-state index is 5.56. The fourth-order valence-corrected chi connectivity index (χ4v) is 1.59. The van der Waals surface area contributed by atoms with Crippen molar-refractivity contribution in [2.24, 2.45) is 5.73 Å². The summed E-state index contributed by atoms with van der Waals surface area (Å²) in [4.78, 5) is 4.26. The first-order valence-corrected chi connectivity index (χ1v) is 5.05. The molecular weight excluding hydrogens is 240 g/mol. The topological polar surface area (TPSA) is 99.8 Å². The Morgan fingerprint density at radius 2 is 2.24 bits per heavy atom. The number of nitrogens with zero attached hydrogens (tertiary/aromatic N) is 7. The maximum atomic E-state index is 5.56. The van der Waals surface area contributed by atoms with E-state index in [9.17, 15) is 0 Å². The number of imidazole rings is 1. The average molecular weight is 246 g/mol. The molecule has 3 rings (SSSR count). The molecule has 0 amide bonds. The Bertz CT molecular complexity index is 698. The highest BCUT2D eigenvalue weighted by Gasteiger charge is 2.09. The van der Waals surface area contributed by atoms with E-state index in [0.717, 1.165) is 0 Å². The minimum atomic E-state index is 0.202. The first-order valence-electron chi connectivity index (χ1n) is 4.64. The minimum Gasteiger partial charge on any atom is -0.387 e. The van der Waals surface area contributed by atoms with E-state index in [4.69, 9.17) is 18.0 Å². The Morgan fingerprint density at radius 1 is 1.35 bits per heavy atom. The fourth-order valence-electron chi connectivity index (χ4n) is 1.44. The van der Waals surface area contributed by atoms with Gasteiger partial charge in [0, 0.05) is 12.4 Å². The first kappa shape index (κ1) is 9.78. The summed E-state index contributed by atoms with van der Waals surface area (Å²) in [6, 6.07) is 3.50. The van der Waals surface area contributed by atoms with E-state index < -0.39 is 0 Å². The van der Waals surface area contributed by atoms with Gasteiger partial charge in [0.15, 0.2) is 17.3 Å². The molecule has 9 heteroatoms. The number of rotatable bonds is 2. The summed E-state index contributed by atoms with van der Waals surface area (Å²) in [7, 11) is 0. The highest BCUT2D eigenvalue weighted by Crippen LogP contribution is 2.08. The summed E-state index contributed by atoms with van der Waals surface area (Å²) in [5, 5.41) is 15.2. The molecule has 0 saturated carbocycles. The molecule has 17 heavy (non-hydrogen) atoms. The Morgan fingerprint density at radius 3 is 3.06 bits per heavy atom. The zero-order chi connectivity index (χ0) is 11.8. The quantitative estimate of drug-likeness (QED) is 0.599. The van der Waals surface area contributed by atoms with Gasteiger partial charge in [-0.05, 0) is 22.6 Å². The normalized spacial score (nSPS) is 10.8. The van der Waals surface area contributed by atoms with Gasteiger partial charge in [0.1, 0.15) is 4.99 Å². The van der Waals surface area contributed by atoms with Crippen molar-refractivity contribution in [1.29, 1.82) is 0 Å². The van der Waals surface area contributed by atoms with E-state index in [1.807, 2.05) is 0 Å². The Kier molecular flexibility index (Phi) is 2.05. The van der Waals surface area contributed by atoms with Crippen molar-refractivity contribution in [1.82, 2.24) is 34.8 Å². The van der Waals surface area contributed by atoms with E-state index in [-0.39, 0.29) is 4.99 Å². The third-order valence-corrected chi connectivity index (χ3v) is 2.35. The molecule has 0 bridgehead atoms. The molecule has 3 heterocycles. The van der Waals surface area contributed by atoms with Gasteiger partial charge in [-0.3, -0.25) is 4.57 Å². The highest BCUT2D eigenvalue weighted by molar-refractivity contribution is 7.80. The molecule has 0 radical (unpaired) electrons. The summed E-state index contributed by atoms with van der Waals surface area (Å²) < 4.78 is 2.99. The number of fused-ring (bicyclic) bond motifs is 1. The van der Waals surface area contributed by atoms with Gasteiger partial charge in [0.05, 0.1) is 0 Å². The van der Waals surface area contributed by atoms with Crippen LogP contribution < -0.4 is 5.73 Å². The molecule has 3 aromatic rings. The van der Waals surface area contributed by atoms with Crippen molar-refractivity contribution < 1.29 is 0 Å². The van der Waals surface area contributed by atoms with Crippen LogP contribution in [0.25, 0.3) is 11.5 Å². The molecule has 0 saturated heterocycles. The van der Waals surface area contributed by atoms with E-state index in [1.165, 1.54) is 4.63 Å². The van der Waals surface area contributed by atoms with Crippen molar-refractivity contribution in [3.05, 3.63) is 30.4 Å². The molecule has 0 aromatic carbocycles. The van der Waals surface area contributed by atoms with Gasteiger partial charge in [-0.2, -0.15) is 0 Å². The van der Waals surface area contributed by atoms with Crippen LogP contribution in [0.15, 0.2) is 24.5 Å². The minimum absolute atomic E-state index is 0.202. The maximum Gasteiger partial charge on any atom is 0.200 e. The van der Waals surface area contributed by atoms with Crippen LogP contribution in [0.5, 0.6) is 0 Å². The van der Waals surface area contributed by atoms with Gasteiger partial charge >= 0.3 is 0 Å². The Hall–Kier alpha value is -2.42. The number of tetrazole rings is 1. The number of aromatic nitrogens is 7. The second-order valence-corrected chi connectivity index (χ2v) is 3.64. The smallest absolute Gasteiger partial charge is 0.200 e. The molecule has 0 fully saturated rings. The molecule has 3 aromatic heterocycles. The molecule has 84 valence electrons. The van der Waals surface area contributed by atoms with Crippen LogP contribution in [-0.2, 0) is 0 Å². The third-order valence-electron chi connectivity index (χ3n) is 2.16. The van der Waals surface area contributed by atoms with Crippen molar-refractivity contribution in [2.75, 3.05) is 0 Å². The summed E-state index contributed by atoms with van der Waals surface area (Å²) in [5.41, 5.74) is 6.12. The zero-order valence-electron chi connectivity index (χ0n) is 8.43. The van der Waals surface area contributed by atoms with Crippen LogP contribution in [0.2, 0.25) is 0 Å². The van der Waals surface area contributed by atoms with Crippen molar-refractivity contribution in [3.8, 4) is 5.82 Å². The standard InChI is InChI=1S/C8H6N8S/c9-7(17)8-10-3-4-15(8)6-2-1-5-11-13-14-16(5)12-6/h1-4H,(H2,9,17). The van der Waals surface area contributed by atoms with E-state index in [1.54, 1.807) is 29.1 Å². The van der Waals surface area contributed by atoms with Crippen molar-refractivity contribution >= 4 is 22.9 Å². The van der Waals surface area contributed by atoms with E-state index >= 15 is 0 Å². The number of thiocarbonyl (C=S) groups is 1. The second kappa shape index (κ2) is 3.56. The Balaban J connectivity index is 2.19. The monoisotopic (exact) mass is 246 g/mol. The van der Waals surface area contributed by atoms with Crippen molar-refractivity contribution in [3.63, 3.8) is 0 Å². The number of hydrogen-bond donors (Lipinski definition) is 1. The molecule has 2 N–H and O–H groups in total. The van der Waals surface area contributed by atoms with Crippen LogP contribution in [0.3, 0.4) is 0 Å². The molecule has 8 nitrogen and oxygen atoms in total. The van der Waals surface area contributed by atoms with Crippen LogP contribution in [0, 0.1) is 0 Å². The SMILES string of the molecule is NC(=S)c1nccn1-c1ccc2nnnn2n1. The summed E-state index contributed by atoms with van der Waals surface area (Å²) in [6.07, 6.45) is 3.31. The van der Waals surface area contributed by atoms with Gasteiger partial charge < -0.3 is 5.73 Å². The van der Waals surface area contributed by atoms with E-state index in [0.29, 0.717) is 17.3 Å². The van der Waals surface area contributed by atoms with Gasteiger partial charge in [0.2, 0.25) is 0 Å². The third kappa shape index (κ3) is 1.52. The van der Waals surface area contributed by atoms with Gasteiger partial charge in [0.25, 0.3) is 0 Å². The number of nitrogens with two attached hydrogens (primary N) is 1. The lowest BCUT2D eigenvalue weighted by molar-refractivity contribution is 0.717. The molecule has 0 spiro atoms. The Labute approximate surface area is 100 Å². The lowest BCUT2D eigenvalue weighted by Gasteiger charge is -2.04. The fraction of sp³-hybridized carbons (Fsp3) is 0. The second-order valence-electron chi connectivity index (χ2n) is 3.20. The molecule has 0 aliphatic carbocycles. The first-order chi connectivity index (χ1) is 8.25. The predicted molar refractivity (Wildman–Crippen MR) is 61.6 cm³/mol. The van der Waals surface area contributed by atoms with Crippen LogP contribution in [0.4, 0.5) is 0 Å². The summed E-state index contributed by atoms with van der Waals surface area (Å²) >= 11 is 4.90. The van der Waals surface area contributed by atoms with Crippen LogP contribution in [-0.4, -0.2) is 39.8 Å². The molecular formula is C8H6N8S. The lowest BCUT2D eigenvalue weighted by atomic mass is 10.5. The van der Waals surface area contributed by atoms with Gasteiger partial charge in [-0.25, -0.2) is 4.98 Å². The number of hydrogen-bond acceptors (Lipinski definition) is 6. The largest absolute Gasteiger partial charge is 0.387 e. The highest BCUT2D eigenvalue weighted by atomic mass is 32.1. The average Bonchev–Trinajstić information content (AvgIpc) is 2.96. The molecule has 0 atom stereocenters. The summed E-state index contributed by atoms with van der Waals surface area (Å²) in [6.45, 7) is 0. The predicted octanol–water partition coefficient (Wildman–Crippen LogP) is -0.661. The molecule has 0 aliphatic heterocycles. The van der Waals surface area contributed by atoms with Crippen LogP contribution in [0.1, 0.15) is 5.82 Å². The van der Waals surface area contributed by atoms with Gasteiger partial charge in [-0.1, -0.05) is 12.2 Å². The lowest BCUT2D eigenvalue weighted by Crippen LogP contribution is -2.17. The van der Waals surface area contributed by atoms with Crippen molar-refractivity contribution in [2.45, 2.75) is 0 Å².